The zero-order valence-electron chi connectivity index (χ0n) is 14.5. The third kappa shape index (κ3) is 5.01. The van der Waals surface area contributed by atoms with Gasteiger partial charge in [-0.1, -0.05) is 41.6 Å². The molecule has 1 saturated heterocycles. The smallest absolute Gasteiger partial charge is 0.283 e. The van der Waals surface area contributed by atoms with Crippen molar-refractivity contribution in [1.29, 1.82) is 0 Å². The van der Waals surface area contributed by atoms with E-state index in [2.05, 4.69) is 15.9 Å². The standard InChI is InChI=1S/C18H12BrClN2O4S3/c19-12-3-2-11(9-13(12)20)21-17(24)16(29-18(21)27)8-10-1-4-15(28-6-5-23)14(7-10)22(25)26/h1-4,7-9,23H,5-6H2/b16-8-. The van der Waals surface area contributed by atoms with Crippen molar-refractivity contribution in [2.24, 2.45) is 0 Å². The Balaban J connectivity index is 1.92. The van der Waals surface area contributed by atoms with E-state index in [0.717, 1.165) is 11.8 Å². The first-order chi connectivity index (χ1) is 13.8. The lowest BCUT2D eigenvalue weighted by Gasteiger charge is -2.15. The number of halogens is 2. The summed E-state index contributed by atoms with van der Waals surface area (Å²) in [4.78, 5) is 26.0. The monoisotopic (exact) mass is 530 g/mol. The Labute approximate surface area is 193 Å². The predicted octanol–water partition coefficient (Wildman–Crippen LogP) is 5.50. The molecule has 0 bridgehead atoms. The molecule has 11 heteroatoms. The number of hydrogen-bond acceptors (Lipinski definition) is 7. The zero-order valence-corrected chi connectivity index (χ0v) is 19.3. The third-order valence-corrected chi connectivity index (χ3v) is 7.36. The minimum Gasteiger partial charge on any atom is -0.396 e. The molecule has 0 unspecified atom stereocenters. The van der Waals surface area contributed by atoms with Crippen LogP contribution in [0.4, 0.5) is 11.4 Å². The van der Waals surface area contributed by atoms with Crippen LogP contribution in [-0.2, 0) is 4.79 Å². The minimum atomic E-state index is -0.480. The highest BCUT2D eigenvalue weighted by Crippen LogP contribution is 2.39. The number of amides is 1. The van der Waals surface area contributed by atoms with Gasteiger partial charge in [-0.2, -0.15) is 0 Å². The summed E-state index contributed by atoms with van der Waals surface area (Å²) in [5, 5.41) is 20.8. The van der Waals surface area contributed by atoms with Gasteiger partial charge in [-0.25, -0.2) is 0 Å². The molecular formula is C18H12BrClN2O4S3. The van der Waals surface area contributed by atoms with Gasteiger partial charge in [0.05, 0.1) is 32.0 Å². The molecule has 0 spiro atoms. The molecule has 1 heterocycles. The predicted molar refractivity (Wildman–Crippen MR) is 126 cm³/mol. The number of benzene rings is 2. The lowest BCUT2D eigenvalue weighted by atomic mass is 10.2. The number of carbonyl (C=O) groups is 1. The van der Waals surface area contributed by atoms with Gasteiger partial charge in [0.2, 0.25) is 0 Å². The van der Waals surface area contributed by atoms with Crippen LogP contribution in [0.1, 0.15) is 5.56 Å². The van der Waals surface area contributed by atoms with Gasteiger partial charge in [-0.3, -0.25) is 19.8 Å². The lowest BCUT2D eigenvalue weighted by molar-refractivity contribution is -0.387. The summed E-state index contributed by atoms with van der Waals surface area (Å²) in [7, 11) is 0. The molecule has 1 amide bonds. The lowest BCUT2D eigenvalue weighted by Crippen LogP contribution is -2.27. The van der Waals surface area contributed by atoms with Crippen LogP contribution in [0, 0.1) is 10.1 Å². The van der Waals surface area contributed by atoms with Crippen LogP contribution in [0.25, 0.3) is 6.08 Å². The molecule has 6 nitrogen and oxygen atoms in total. The van der Waals surface area contributed by atoms with Crippen molar-refractivity contribution < 1.29 is 14.8 Å². The molecule has 3 rings (SSSR count). The molecule has 2 aromatic rings. The molecule has 2 aromatic carbocycles. The highest BCUT2D eigenvalue weighted by molar-refractivity contribution is 9.10. The molecule has 150 valence electrons. The van der Waals surface area contributed by atoms with E-state index in [1.807, 2.05) is 0 Å². The molecule has 29 heavy (non-hydrogen) atoms. The van der Waals surface area contributed by atoms with Crippen LogP contribution < -0.4 is 4.90 Å². The summed E-state index contributed by atoms with van der Waals surface area (Å²) in [6, 6.07) is 9.79. The number of thiocarbonyl (C=S) groups is 1. The second-order valence-electron chi connectivity index (χ2n) is 5.67. The van der Waals surface area contributed by atoms with Gasteiger partial charge in [-0.05, 0) is 51.8 Å². The first-order valence-electron chi connectivity index (χ1n) is 8.07. The van der Waals surface area contributed by atoms with Crippen molar-refractivity contribution in [1.82, 2.24) is 0 Å². The Bertz CT molecular complexity index is 1050. The molecule has 1 aliphatic heterocycles. The fourth-order valence-electron chi connectivity index (χ4n) is 2.51. The van der Waals surface area contributed by atoms with E-state index in [0.29, 0.717) is 40.6 Å². The van der Waals surface area contributed by atoms with Gasteiger partial charge in [-0.15, -0.1) is 11.8 Å². The number of anilines is 1. The topological polar surface area (TPSA) is 83.7 Å². The molecule has 0 atom stereocenters. The summed E-state index contributed by atoms with van der Waals surface area (Å²) >= 11 is 17.1. The van der Waals surface area contributed by atoms with Crippen molar-refractivity contribution >= 4 is 91.0 Å². The Hall–Kier alpha value is -1.43. The highest BCUT2D eigenvalue weighted by Gasteiger charge is 2.33. The third-order valence-electron chi connectivity index (χ3n) is 3.78. The SMILES string of the molecule is O=C1/C(=C/c2ccc(SCCO)c([N+](=O)[O-])c2)SC(=S)N1c1ccc(Br)c(Cl)c1. The largest absolute Gasteiger partial charge is 0.396 e. The molecule has 0 aromatic heterocycles. The Morgan fingerprint density at radius 3 is 2.76 bits per heavy atom. The molecule has 1 fully saturated rings. The number of aliphatic hydroxyl groups excluding tert-OH is 1. The van der Waals surface area contributed by atoms with Crippen molar-refractivity contribution in [3.63, 3.8) is 0 Å². The molecule has 1 N–H and O–H groups in total. The van der Waals surface area contributed by atoms with Gasteiger partial charge < -0.3 is 5.11 Å². The van der Waals surface area contributed by atoms with Crippen molar-refractivity contribution in [2.75, 3.05) is 17.3 Å². The van der Waals surface area contributed by atoms with Crippen molar-refractivity contribution in [2.45, 2.75) is 4.90 Å². The van der Waals surface area contributed by atoms with Gasteiger partial charge in [0, 0.05) is 16.3 Å². The van der Waals surface area contributed by atoms with Crippen molar-refractivity contribution in [3.8, 4) is 0 Å². The molecule has 0 radical (unpaired) electrons. The summed E-state index contributed by atoms with van der Waals surface area (Å²) in [5.41, 5.74) is 0.984. The van der Waals surface area contributed by atoms with E-state index in [4.69, 9.17) is 28.9 Å². The summed E-state index contributed by atoms with van der Waals surface area (Å²) in [6.07, 6.45) is 1.58. The van der Waals surface area contributed by atoms with Crippen LogP contribution in [0.2, 0.25) is 5.02 Å². The summed E-state index contributed by atoms with van der Waals surface area (Å²) in [5.74, 6) is 0.0361. The summed E-state index contributed by atoms with van der Waals surface area (Å²) < 4.78 is 1.06. The van der Waals surface area contributed by atoms with Crippen molar-refractivity contribution in [3.05, 3.63) is 66.5 Å². The number of nitro groups is 1. The maximum Gasteiger partial charge on any atom is 0.283 e. The zero-order chi connectivity index (χ0) is 21.1. The fraction of sp³-hybridized carbons (Fsp3) is 0.111. The average molecular weight is 532 g/mol. The molecular weight excluding hydrogens is 520 g/mol. The quantitative estimate of drug-likeness (QED) is 0.173. The Kier molecular flexibility index (Phi) is 7.36. The average Bonchev–Trinajstić information content (AvgIpc) is 2.96. The van der Waals surface area contributed by atoms with Gasteiger partial charge in [0.25, 0.3) is 11.6 Å². The second-order valence-corrected chi connectivity index (χ2v) is 9.75. The van der Waals surface area contributed by atoms with E-state index in [1.165, 1.54) is 22.7 Å². The Morgan fingerprint density at radius 1 is 1.34 bits per heavy atom. The van der Waals surface area contributed by atoms with Gasteiger partial charge in [0.15, 0.2) is 4.32 Å². The normalized spacial score (nSPS) is 15.4. The van der Waals surface area contributed by atoms with Crippen LogP contribution in [0.3, 0.4) is 0 Å². The minimum absolute atomic E-state index is 0.0765. The van der Waals surface area contributed by atoms with E-state index >= 15 is 0 Å². The number of thioether (sulfide) groups is 2. The molecule has 1 aliphatic rings. The van der Waals surface area contributed by atoms with E-state index in [1.54, 1.807) is 36.4 Å². The van der Waals surface area contributed by atoms with E-state index < -0.39 is 4.92 Å². The number of nitrogens with zero attached hydrogens (tertiary/aromatic N) is 2. The van der Waals surface area contributed by atoms with Crippen LogP contribution >= 0.6 is 63.3 Å². The fourth-order valence-corrected chi connectivity index (χ4v) is 4.99. The number of carbonyl (C=O) groups excluding carboxylic acids is 1. The van der Waals surface area contributed by atoms with Crippen LogP contribution in [0.15, 0.2) is 50.7 Å². The summed E-state index contributed by atoms with van der Waals surface area (Å²) in [6.45, 7) is -0.0773. The highest BCUT2D eigenvalue weighted by atomic mass is 79.9. The van der Waals surface area contributed by atoms with Crippen LogP contribution in [-0.4, -0.2) is 32.6 Å². The second kappa shape index (κ2) is 9.59. The molecule has 0 saturated carbocycles. The maximum absolute atomic E-state index is 12.9. The maximum atomic E-state index is 12.9. The number of nitro benzene ring substituents is 1. The van der Waals surface area contributed by atoms with Gasteiger partial charge >= 0.3 is 0 Å². The number of hydrogen-bond donors (Lipinski definition) is 1. The van der Waals surface area contributed by atoms with E-state index in [9.17, 15) is 14.9 Å². The number of aliphatic hydroxyl groups is 1. The first-order valence-corrected chi connectivity index (χ1v) is 11.4. The van der Waals surface area contributed by atoms with E-state index in [-0.39, 0.29) is 18.2 Å². The van der Waals surface area contributed by atoms with Crippen LogP contribution in [0.5, 0.6) is 0 Å². The number of rotatable bonds is 6. The first kappa shape index (κ1) is 22.3. The molecule has 0 aliphatic carbocycles. The Morgan fingerprint density at radius 2 is 2.10 bits per heavy atom. The van der Waals surface area contributed by atoms with Gasteiger partial charge in [0.1, 0.15) is 0 Å².